The number of benzene rings is 1. The third-order valence-corrected chi connectivity index (χ3v) is 5.18. The Morgan fingerprint density at radius 3 is 2.64 bits per heavy atom. The summed E-state index contributed by atoms with van der Waals surface area (Å²) in [5, 5.41) is 25.3. The number of aromatic nitrogens is 1. The van der Waals surface area contributed by atoms with E-state index in [1.54, 1.807) is 13.1 Å². The smallest absolute Gasteiger partial charge is 0.212 e. The van der Waals surface area contributed by atoms with Crippen molar-refractivity contribution in [1.82, 2.24) is 9.88 Å². The first kappa shape index (κ1) is 19.5. The van der Waals surface area contributed by atoms with Gasteiger partial charge in [-0.1, -0.05) is 0 Å². The molecule has 0 amide bonds. The number of amidine groups is 1. The lowest BCUT2D eigenvalue weighted by Crippen LogP contribution is -2.41. The van der Waals surface area contributed by atoms with Gasteiger partial charge in [0.25, 0.3) is 0 Å². The van der Waals surface area contributed by atoms with Crippen molar-refractivity contribution in [2.24, 2.45) is 5.92 Å². The summed E-state index contributed by atoms with van der Waals surface area (Å²) in [6.07, 6.45) is 4.20. The SMILES string of the molecule is Cc1cc(C#N)c(N2CCC(C(=N)N(C)C=N)CC2)c(-c2ccc(F)nc2)c1. The van der Waals surface area contributed by atoms with Crippen LogP contribution in [-0.2, 0) is 0 Å². The molecular formula is C21H23FN6. The highest BCUT2D eigenvalue weighted by molar-refractivity contribution is 5.90. The zero-order chi connectivity index (χ0) is 20.3. The average Bonchev–Trinajstić information content (AvgIpc) is 2.72. The second-order valence-electron chi connectivity index (χ2n) is 7.08. The maximum Gasteiger partial charge on any atom is 0.212 e. The highest BCUT2D eigenvalue weighted by Gasteiger charge is 2.27. The van der Waals surface area contributed by atoms with Gasteiger partial charge in [0.1, 0.15) is 11.9 Å². The molecule has 1 aliphatic heterocycles. The molecular weight excluding hydrogens is 355 g/mol. The summed E-state index contributed by atoms with van der Waals surface area (Å²) in [5.41, 5.74) is 4.03. The molecule has 28 heavy (non-hydrogen) atoms. The molecule has 0 radical (unpaired) electrons. The predicted octanol–water partition coefficient (Wildman–Crippen LogP) is 3.80. The Morgan fingerprint density at radius 1 is 1.36 bits per heavy atom. The van der Waals surface area contributed by atoms with Crippen LogP contribution in [0.2, 0.25) is 0 Å². The normalized spacial score (nSPS) is 14.4. The molecule has 0 atom stereocenters. The van der Waals surface area contributed by atoms with Crippen LogP contribution in [0.5, 0.6) is 0 Å². The quantitative estimate of drug-likeness (QED) is 0.481. The number of hydrogen-bond acceptors (Lipinski definition) is 5. The van der Waals surface area contributed by atoms with Gasteiger partial charge in [0, 0.05) is 43.4 Å². The first-order chi connectivity index (χ1) is 13.4. The molecule has 1 aliphatic rings. The fourth-order valence-corrected chi connectivity index (χ4v) is 3.69. The van der Waals surface area contributed by atoms with Gasteiger partial charge >= 0.3 is 0 Å². The highest BCUT2D eigenvalue weighted by Crippen LogP contribution is 2.37. The summed E-state index contributed by atoms with van der Waals surface area (Å²) < 4.78 is 13.3. The molecule has 0 saturated carbocycles. The van der Waals surface area contributed by atoms with Crippen LogP contribution in [-0.4, -0.2) is 42.2 Å². The number of pyridine rings is 1. The van der Waals surface area contributed by atoms with Crippen LogP contribution in [0.4, 0.5) is 10.1 Å². The molecule has 1 saturated heterocycles. The van der Waals surface area contributed by atoms with Crippen molar-refractivity contribution in [2.45, 2.75) is 19.8 Å². The van der Waals surface area contributed by atoms with E-state index in [0.717, 1.165) is 41.6 Å². The van der Waals surface area contributed by atoms with Gasteiger partial charge in [0.2, 0.25) is 5.95 Å². The molecule has 0 aliphatic carbocycles. The first-order valence-corrected chi connectivity index (χ1v) is 9.18. The van der Waals surface area contributed by atoms with Crippen LogP contribution in [0.1, 0.15) is 24.0 Å². The molecule has 2 heterocycles. The first-order valence-electron chi connectivity index (χ1n) is 9.18. The van der Waals surface area contributed by atoms with Gasteiger partial charge in [-0.25, -0.2) is 4.98 Å². The Bertz CT molecular complexity index is 923. The van der Waals surface area contributed by atoms with E-state index >= 15 is 0 Å². The number of halogens is 1. The Labute approximate surface area is 164 Å². The lowest BCUT2D eigenvalue weighted by Gasteiger charge is -2.36. The number of piperidine rings is 1. The van der Waals surface area contributed by atoms with E-state index < -0.39 is 5.95 Å². The molecule has 6 nitrogen and oxygen atoms in total. The summed E-state index contributed by atoms with van der Waals surface area (Å²) in [6, 6.07) is 9.18. The minimum atomic E-state index is -0.534. The molecule has 1 aromatic heterocycles. The summed E-state index contributed by atoms with van der Waals surface area (Å²) in [5.74, 6) is 0.00453. The second-order valence-corrected chi connectivity index (χ2v) is 7.08. The van der Waals surface area contributed by atoms with Gasteiger partial charge in [-0.2, -0.15) is 9.65 Å². The van der Waals surface area contributed by atoms with Crippen molar-refractivity contribution >= 4 is 17.9 Å². The highest BCUT2D eigenvalue weighted by atomic mass is 19.1. The van der Waals surface area contributed by atoms with Crippen LogP contribution in [0.25, 0.3) is 11.1 Å². The third kappa shape index (κ3) is 3.86. The van der Waals surface area contributed by atoms with Crippen molar-refractivity contribution in [2.75, 3.05) is 25.0 Å². The lowest BCUT2D eigenvalue weighted by molar-refractivity contribution is 0.473. The maximum absolute atomic E-state index is 13.3. The van der Waals surface area contributed by atoms with Crippen LogP contribution in [0, 0.1) is 40.9 Å². The summed E-state index contributed by atoms with van der Waals surface area (Å²) in [6.45, 7) is 3.35. The number of anilines is 1. The molecule has 2 N–H and O–H groups in total. The zero-order valence-corrected chi connectivity index (χ0v) is 16.0. The van der Waals surface area contributed by atoms with E-state index in [9.17, 15) is 9.65 Å². The van der Waals surface area contributed by atoms with Crippen LogP contribution >= 0.6 is 0 Å². The van der Waals surface area contributed by atoms with Crippen LogP contribution < -0.4 is 4.90 Å². The van der Waals surface area contributed by atoms with E-state index in [1.807, 2.05) is 19.1 Å². The average molecular weight is 378 g/mol. The maximum atomic E-state index is 13.3. The molecule has 7 heteroatoms. The predicted molar refractivity (Wildman–Crippen MR) is 108 cm³/mol. The molecule has 3 rings (SSSR count). The van der Waals surface area contributed by atoms with Gasteiger partial charge in [0.05, 0.1) is 17.6 Å². The van der Waals surface area contributed by atoms with E-state index in [0.29, 0.717) is 24.5 Å². The summed E-state index contributed by atoms with van der Waals surface area (Å²) in [7, 11) is 1.72. The van der Waals surface area contributed by atoms with E-state index in [-0.39, 0.29) is 5.92 Å². The monoisotopic (exact) mass is 378 g/mol. The second kappa shape index (κ2) is 8.17. The van der Waals surface area contributed by atoms with Crippen molar-refractivity contribution in [3.63, 3.8) is 0 Å². The van der Waals surface area contributed by atoms with Crippen molar-refractivity contribution < 1.29 is 4.39 Å². The van der Waals surface area contributed by atoms with Crippen molar-refractivity contribution in [3.05, 3.63) is 47.5 Å². The Kier molecular flexibility index (Phi) is 5.69. The van der Waals surface area contributed by atoms with E-state index in [1.165, 1.54) is 17.2 Å². The molecule has 0 bridgehead atoms. The zero-order valence-electron chi connectivity index (χ0n) is 16.0. The third-order valence-electron chi connectivity index (χ3n) is 5.18. The van der Waals surface area contributed by atoms with Crippen molar-refractivity contribution in [3.8, 4) is 17.2 Å². The molecule has 1 aromatic carbocycles. The van der Waals surface area contributed by atoms with Crippen LogP contribution in [0.3, 0.4) is 0 Å². The fourth-order valence-electron chi connectivity index (χ4n) is 3.69. The minimum absolute atomic E-state index is 0.0924. The number of hydrogen-bond donors (Lipinski definition) is 2. The lowest BCUT2D eigenvalue weighted by atomic mass is 9.92. The number of nitrogens with zero attached hydrogens (tertiary/aromatic N) is 4. The number of aryl methyl sites for hydroxylation is 1. The van der Waals surface area contributed by atoms with Crippen LogP contribution in [0.15, 0.2) is 30.5 Å². The Morgan fingerprint density at radius 2 is 2.07 bits per heavy atom. The van der Waals surface area contributed by atoms with Gasteiger partial charge in [-0.15, -0.1) is 0 Å². The summed E-state index contributed by atoms with van der Waals surface area (Å²) in [4.78, 5) is 7.47. The Hall–Kier alpha value is -3.27. The van der Waals surface area contributed by atoms with Gasteiger partial charge in [-0.05, 0) is 49.6 Å². The van der Waals surface area contributed by atoms with E-state index in [2.05, 4.69) is 16.0 Å². The molecule has 0 unspecified atom stereocenters. The number of rotatable bonds is 4. The van der Waals surface area contributed by atoms with Gasteiger partial charge in [0.15, 0.2) is 0 Å². The largest absolute Gasteiger partial charge is 0.370 e. The molecule has 0 spiro atoms. The molecule has 2 aromatic rings. The van der Waals surface area contributed by atoms with Gasteiger partial charge < -0.3 is 9.80 Å². The summed E-state index contributed by atoms with van der Waals surface area (Å²) >= 11 is 0. The van der Waals surface area contributed by atoms with E-state index in [4.69, 9.17) is 10.8 Å². The topological polar surface area (TPSA) is 90.9 Å². The molecule has 144 valence electrons. The van der Waals surface area contributed by atoms with Gasteiger partial charge in [-0.3, -0.25) is 10.8 Å². The number of nitriles is 1. The van der Waals surface area contributed by atoms with Crippen molar-refractivity contribution in [1.29, 1.82) is 16.1 Å². The molecule has 1 fully saturated rings. The fraction of sp³-hybridized carbons (Fsp3) is 0.333. The standard InChI is InChI=1S/C21H23FN6/c1-14-9-17(11-23)20(18(10-14)16-3-4-19(22)26-12-16)28-7-5-15(6-8-28)21(25)27(2)13-24/h3-4,9-10,12-13,15,24-25H,5-8H2,1-2H3. The Balaban J connectivity index is 1.94. The minimum Gasteiger partial charge on any atom is -0.370 e. The number of nitrogens with one attached hydrogen (secondary N) is 2.